The van der Waals surface area contributed by atoms with Gasteiger partial charge >= 0.3 is 8.80 Å². The standard InChI is InChI=1S/C10H23NO5Si/c1-12-17(13-2,14-3)8-9(11)6-15-5-4-10-7-16-10/h9-10H,4-8,11H2,1-3H3. The van der Waals surface area contributed by atoms with Crippen molar-refractivity contribution in [2.75, 3.05) is 41.2 Å². The molecule has 0 saturated carbocycles. The molecule has 2 unspecified atom stereocenters. The number of hydrogen-bond acceptors (Lipinski definition) is 6. The van der Waals surface area contributed by atoms with Gasteiger partial charge in [-0.3, -0.25) is 0 Å². The molecule has 0 bridgehead atoms. The Balaban J connectivity index is 2.14. The van der Waals surface area contributed by atoms with Crippen molar-refractivity contribution in [2.45, 2.75) is 24.6 Å². The maximum absolute atomic E-state index is 5.96. The predicted molar refractivity (Wildman–Crippen MR) is 64.7 cm³/mol. The third-order valence-corrected chi connectivity index (χ3v) is 5.65. The van der Waals surface area contributed by atoms with Gasteiger partial charge in [0.2, 0.25) is 0 Å². The first kappa shape index (κ1) is 15.0. The number of hydrogen-bond donors (Lipinski definition) is 1. The number of nitrogens with two attached hydrogens (primary N) is 1. The fourth-order valence-electron chi connectivity index (χ4n) is 1.56. The van der Waals surface area contributed by atoms with Crippen molar-refractivity contribution in [3.63, 3.8) is 0 Å². The maximum Gasteiger partial charge on any atom is 0.501 e. The molecule has 1 heterocycles. The van der Waals surface area contributed by atoms with Gasteiger partial charge in [0.15, 0.2) is 0 Å². The summed E-state index contributed by atoms with van der Waals surface area (Å²) in [5.74, 6) is 0. The Morgan fingerprint density at radius 3 is 2.35 bits per heavy atom. The van der Waals surface area contributed by atoms with E-state index in [2.05, 4.69) is 0 Å². The van der Waals surface area contributed by atoms with E-state index >= 15 is 0 Å². The van der Waals surface area contributed by atoms with Crippen LogP contribution in [0.15, 0.2) is 0 Å². The van der Waals surface area contributed by atoms with Crippen LogP contribution in [-0.4, -0.2) is 62.1 Å². The minimum atomic E-state index is -2.58. The molecule has 2 atom stereocenters. The topological polar surface area (TPSA) is 75.5 Å². The Labute approximate surface area is 104 Å². The second-order valence-electron chi connectivity index (χ2n) is 4.08. The Morgan fingerprint density at radius 1 is 1.29 bits per heavy atom. The smallest absolute Gasteiger partial charge is 0.380 e. The van der Waals surface area contributed by atoms with Crippen molar-refractivity contribution in [2.24, 2.45) is 5.73 Å². The lowest BCUT2D eigenvalue weighted by Gasteiger charge is -2.26. The molecule has 6 nitrogen and oxygen atoms in total. The van der Waals surface area contributed by atoms with Gasteiger partial charge < -0.3 is 28.5 Å². The Kier molecular flexibility index (Phi) is 6.56. The van der Waals surface area contributed by atoms with E-state index in [-0.39, 0.29) is 6.04 Å². The average molecular weight is 265 g/mol. The molecule has 7 heteroatoms. The Hall–Kier alpha value is -0.0231. The molecular weight excluding hydrogens is 242 g/mol. The molecule has 0 aliphatic carbocycles. The summed E-state index contributed by atoms with van der Waals surface area (Å²) in [6.07, 6.45) is 1.34. The second kappa shape index (κ2) is 7.42. The number of rotatable bonds is 10. The quantitative estimate of drug-likeness (QED) is 0.340. The van der Waals surface area contributed by atoms with Gasteiger partial charge in [0.05, 0.1) is 19.3 Å². The highest BCUT2D eigenvalue weighted by Gasteiger charge is 2.39. The van der Waals surface area contributed by atoms with Gasteiger partial charge in [-0.15, -0.1) is 0 Å². The second-order valence-corrected chi connectivity index (χ2v) is 7.08. The summed E-state index contributed by atoms with van der Waals surface area (Å²) < 4.78 is 26.5. The fraction of sp³-hybridized carbons (Fsp3) is 1.00. The van der Waals surface area contributed by atoms with Gasteiger partial charge in [0.25, 0.3) is 0 Å². The van der Waals surface area contributed by atoms with Crippen LogP contribution in [0.4, 0.5) is 0 Å². The number of epoxide rings is 1. The van der Waals surface area contributed by atoms with Crippen LogP contribution in [0.1, 0.15) is 6.42 Å². The van der Waals surface area contributed by atoms with E-state index in [4.69, 9.17) is 28.5 Å². The largest absolute Gasteiger partial charge is 0.501 e. The zero-order valence-electron chi connectivity index (χ0n) is 10.8. The average Bonchev–Trinajstić information content (AvgIpc) is 3.16. The lowest BCUT2D eigenvalue weighted by atomic mass is 10.3. The lowest BCUT2D eigenvalue weighted by Crippen LogP contribution is -2.48. The molecule has 0 aromatic carbocycles. The molecule has 0 spiro atoms. The summed E-state index contributed by atoms with van der Waals surface area (Å²) in [7, 11) is 2.16. The van der Waals surface area contributed by atoms with Crippen molar-refractivity contribution in [1.82, 2.24) is 0 Å². The van der Waals surface area contributed by atoms with Crippen LogP contribution in [0.25, 0.3) is 0 Å². The Morgan fingerprint density at radius 2 is 1.88 bits per heavy atom. The summed E-state index contributed by atoms with van der Waals surface area (Å²) in [4.78, 5) is 0. The monoisotopic (exact) mass is 265 g/mol. The minimum Gasteiger partial charge on any atom is -0.380 e. The van der Waals surface area contributed by atoms with E-state index < -0.39 is 8.80 Å². The Bertz CT molecular complexity index is 203. The van der Waals surface area contributed by atoms with Gasteiger partial charge in [-0.05, 0) is 6.42 Å². The first-order chi connectivity index (χ1) is 8.15. The molecule has 1 saturated heterocycles. The molecule has 1 aliphatic heterocycles. The molecule has 1 rings (SSSR count). The van der Waals surface area contributed by atoms with Crippen LogP contribution in [-0.2, 0) is 22.8 Å². The predicted octanol–water partition coefficient (Wildman–Crippen LogP) is -0.00270. The van der Waals surface area contributed by atoms with Gasteiger partial charge in [-0.2, -0.15) is 0 Å². The van der Waals surface area contributed by atoms with E-state index in [0.29, 0.717) is 25.4 Å². The first-order valence-electron chi connectivity index (χ1n) is 5.76. The third kappa shape index (κ3) is 5.43. The van der Waals surface area contributed by atoms with Crippen LogP contribution in [0, 0.1) is 0 Å². The van der Waals surface area contributed by atoms with Gasteiger partial charge in [0, 0.05) is 40.0 Å². The summed E-state index contributed by atoms with van der Waals surface area (Å²) in [5.41, 5.74) is 5.96. The first-order valence-corrected chi connectivity index (χ1v) is 7.69. The molecule has 1 aliphatic rings. The van der Waals surface area contributed by atoms with Gasteiger partial charge in [0.1, 0.15) is 0 Å². The van der Waals surface area contributed by atoms with Crippen molar-refractivity contribution in [3.8, 4) is 0 Å². The van der Waals surface area contributed by atoms with Crippen LogP contribution in [0.5, 0.6) is 0 Å². The molecule has 0 aromatic heterocycles. The molecule has 1 fully saturated rings. The lowest BCUT2D eigenvalue weighted by molar-refractivity contribution is 0.0958. The zero-order chi connectivity index (χ0) is 12.7. The highest BCUT2D eigenvalue weighted by atomic mass is 28.4. The highest BCUT2D eigenvalue weighted by Crippen LogP contribution is 2.15. The van der Waals surface area contributed by atoms with E-state index in [1.54, 1.807) is 21.3 Å². The van der Waals surface area contributed by atoms with Crippen molar-refractivity contribution < 1.29 is 22.8 Å². The summed E-state index contributed by atoms with van der Waals surface area (Å²) in [6.45, 7) is 2.03. The normalized spacial score (nSPS) is 21.5. The third-order valence-electron chi connectivity index (χ3n) is 2.76. The summed E-state index contributed by atoms with van der Waals surface area (Å²) in [6, 6.07) is 0.415. The van der Waals surface area contributed by atoms with Crippen molar-refractivity contribution in [1.29, 1.82) is 0 Å². The van der Waals surface area contributed by atoms with Crippen LogP contribution in [0.2, 0.25) is 6.04 Å². The van der Waals surface area contributed by atoms with Crippen LogP contribution >= 0.6 is 0 Å². The molecule has 102 valence electrons. The van der Waals surface area contributed by atoms with Gasteiger partial charge in [-0.25, -0.2) is 0 Å². The van der Waals surface area contributed by atoms with E-state index in [1.165, 1.54) is 0 Å². The molecular formula is C10H23NO5Si. The molecule has 0 amide bonds. The van der Waals surface area contributed by atoms with Crippen molar-refractivity contribution in [3.05, 3.63) is 0 Å². The molecule has 0 radical (unpaired) electrons. The minimum absolute atomic E-state index is 0.137. The van der Waals surface area contributed by atoms with Crippen LogP contribution in [0.3, 0.4) is 0 Å². The summed E-state index contributed by atoms with van der Waals surface area (Å²) >= 11 is 0. The van der Waals surface area contributed by atoms with E-state index in [0.717, 1.165) is 13.0 Å². The highest BCUT2D eigenvalue weighted by molar-refractivity contribution is 6.60. The van der Waals surface area contributed by atoms with Crippen molar-refractivity contribution >= 4 is 8.80 Å². The maximum atomic E-state index is 5.96. The number of ether oxygens (including phenoxy) is 2. The zero-order valence-corrected chi connectivity index (χ0v) is 11.8. The fourth-order valence-corrected chi connectivity index (χ4v) is 3.32. The van der Waals surface area contributed by atoms with E-state index in [1.807, 2.05) is 0 Å². The summed E-state index contributed by atoms with van der Waals surface area (Å²) in [5, 5.41) is 0. The molecule has 0 aromatic rings. The van der Waals surface area contributed by atoms with Crippen LogP contribution < -0.4 is 5.73 Å². The molecule has 2 N–H and O–H groups in total. The van der Waals surface area contributed by atoms with E-state index in [9.17, 15) is 0 Å². The van der Waals surface area contributed by atoms with Gasteiger partial charge in [-0.1, -0.05) is 0 Å². The SMILES string of the molecule is CO[Si](CC(N)COCCC1CO1)(OC)OC. The molecule has 17 heavy (non-hydrogen) atoms.